The fraction of sp³-hybridized carbons (Fsp3) is 0. The molecule has 0 aliphatic carbocycles. The zero-order chi connectivity index (χ0) is 14.0. The first-order valence-corrected chi connectivity index (χ1v) is 7.11. The summed E-state index contributed by atoms with van der Waals surface area (Å²) in [6.07, 6.45) is 0. The summed E-state index contributed by atoms with van der Waals surface area (Å²) in [6, 6.07) is 17.7. The van der Waals surface area contributed by atoms with E-state index in [0.717, 1.165) is 43.9 Å². The van der Waals surface area contributed by atoms with Crippen LogP contribution in [-0.2, 0) is 0 Å². The Morgan fingerprint density at radius 3 is 2.43 bits per heavy atom. The summed E-state index contributed by atoms with van der Waals surface area (Å²) in [7, 11) is 0. The fourth-order valence-electron chi connectivity index (χ4n) is 3.02. The molecule has 0 N–H and O–H groups in total. The Morgan fingerprint density at radius 1 is 0.667 bits per heavy atom. The van der Waals surface area contributed by atoms with Crippen molar-refractivity contribution < 1.29 is 8.83 Å². The van der Waals surface area contributed by atoms with E-state index in [1.54, 1.807) is 0 Å². The van der Waals surface area contributed by atoms with E-state index in [4.69, 9.17) is 20.4 Å². The first kappa shape index (κ1) is 11.2. The number of hydrogen-bond acceptors (Lipinski definition) is 2. The highest BCUT2D eigenvalue weighted by molar-refractivity contribution is 6.32. The molecule has 0 amide bonds. The lowest BCUT2D eigenvalue weighted by Gasteiger charge is -1.92. The van der Waals surface area contributed by atoms with Crippen molar-refractivity contribution in [1.82, 2.24) is 0 Å². The molecule has 0 bridgehead atoms. The number of fused-ring (bicyclic) bond motifs is 7. The summed E-state index contributed by atoms with van der Waals surface area (Å²) in [5, 5.41) is 4.90. The molecule has 0 atom stereocenters. The molecule has 2 aromatic heterocycles. The van der Waals surface area contributed by atoms with E-state index in [2.05, 4.69) is 6.07 Å². The van der Waals surface area contributed by atoms with Gasteiger partial charge in [0.1, 0.15) is 22.3 Å². The van der Waals surface area contributed by atoms with Crippen LogP contribution < -0.4 is 0 Å². The zero-order valence-corrected chi connectivity index (χ0v) is 11.6. The maximum atomic E-state index is 6.11. The molecule has 0 aliphatic heterocycles. The molecule has 3 heteroatoms. The second-order valence-electron chi connectivity index (χ2n) is 5.16. The lowest BCUT2D eigenvalue weighted by molar-refractivity contribution is 0.663. The van der Waals surface area contributed by atoms with Gasteiger partial charge >= 0.3 is 0 Å². The van der Waals surface area contributed by atoms with E-state index < -0.39 is 0 Å². The Labute approximate surface area is 124 Å². The predicted molar refractivity (Wildman–Crippen MR) is 86.0 cm³/mol. The molecule has 0 unspecified atom stereocenters. The number of rotatable bonds is 0. The second kappa shape index (κ2) is 3.80. The highest BCUT2D eigenvalue weighted by Crippen LogP contribution is 2.39. The molecule has 0 aliphatic rings. The largest absolute Gasteiger partial charge is 0.456 e. The summed E-state index contributed by atoms with van der Waals surface area (Å²) in [4.78, 5) is 0. The highest BCUT2D eigenvalue weighted by Gasteiger charge is 2.15. The minimum absolute atomic E-state index is 0.711. The molecule has 0 spiro atoms. The van der Waals surface area contributed by atoms with Gasteiger partial charge in [-0.3, -0.25) is 0 Å². The van der Waals surface area contributed by atoms with Gasteiger partial charge in [0.05, 0.1) is 5.39 Å². The Morgan fingerprint density at radius 2 is 1.48 bits per heavy atom. The van der Waals surface area contributed by atoms with Gasteiger partial charge in [-0.05, 0) is 36.4 Å². The monoisotopic (exact) mass is 292 g/mol. The average Bonchev–Trinajstić information content (AvgIpc) is 3.04. The van der Waals surface area contributed by atoms with Crippen molar-refractivity contribution in [3.05, 3.63) is 59.6 Å². The molecule has 0 saturated carbocycles. The Hall–Kier alpha value is -2.45. The van der Waals surface area contributed by atoms with Crippen molar-refractivity contribution in [3.8, 4) is 0 Å². The van der Waals surface area contributed by atoms with E-state index in [0.29, 0.717) is 5.02 Å². The van der Waals surface area contributed by atoms with Gasteiger partial charge in [-0.15, -0.1) is 0 Å². The number of benzene rings is 3. The van der Waals surface area contributed by atoms with Crippen LogP contribution in [0.5, 0.6) is 0 Å². The molecular formula is C18H9ClO2. The third kappa shape index (κ3) is 1.43. The van der Waals surface area contributed by atoms with E-state index in [9.17, 15) is 0 Å². The standard InChI is InChI=1S/C18H9ClO2/c19-10-5-7-15-13(9-10)11-6-8-16-17(18(11)21-15)12-3-1-2-4-14(12)20-16/h1-9H. The zero-order valence-electron chi connectivity index (χ0n) is 10.9. The SMILES string of the molecule is Clc1ccc2oc3c(ccc4oc5ccccc5c43)c2c1. The third-order valence-electron chi connectivity index (χ3n) is 3.94. The number of hydrogen-bond donors (Lipinski definition) is 0. The molecule has 2 heterocycles. The first-order chi connectivity index (χ1) is 10.3. The predicted octanol–water partition coefficient (Wildman–Crippen LogP) is 6.14. The van der Waals surface area contributed by atoms with Crippen LogP contribution in [0.25, 0.3) is 43.9 Å². The van der Waals surface area contributed by atoms with Gasteiger partial charge in [0, 0.05) is 21.2 Å². The summed E-state index contributed by atoms with van der Waals surface area (Å²) in [5.74, 6) is 0. The van der Waals surface area contributed by atoms with Crippen molar-refractivity contribution in [2.24, 2.45) is 0 Å². The van der Waals surface area contributed by atoms with Crippen LogP contribution in [0, 0.1) is 0 Å². The normalized spacial score (nSPS) is 12.0. The summed E-state index contributed by atoms with van der Waals surface area (Å²) >= 11 is 6.11. The molecule has 5 aromatic rings. The fourth-order valence-corrected chi connectivity index (χ4v) is 3.19. The molecule has 0 saturated heterocycles. The number of halogens is 1. The van der Waals surface area contributed by atoms with E-state index in [1.807, 2.05) is 48.5 Å². The number of para-hydroxylation sites is 1. The maximum absolute atomic E-state index is 6.11. The van der Waals surface area contributed by atoms with Gasteiger partial charge in [-0.2, -0.15) is 0 Å². The highest BCUT2D eigenvalue weighted by atomic mass is 35.5. The van der Waals surface area contributed by atoms with E-state index in [-0.39, 0.29) is 0 Å². The Kier molecular flexibility index (Phi) is 2.04. The summed E-state index contributed by atoms with van der Waals surface area (Å²) < 4.78 is 12.0. The minimum atomic E-state index is 0.711. The lowest BCUT2D eigenvalue weighted by Crippen LogP contribution is -1.69. The van der Waals surface area contributed by atoms with Gasteiger partial charge in [0.2, 0.25) is 0 Å². The van der Waals surface area contributed by atoms with Gasteiger partial charge in [0.25, 0.3) is 0 Å². The van der Waals surface area contributed by atoms with Crippen molar-refractivity contribution in [2.75, 3.05) is 0 Å². The molecule has 21 heavy (non-hydrogen) atoms. The van der Waals surface area contributed by atoms with Crippen molar-refractivity contribution in [3.63, 3.8) is 0 Å². The molecule has 3 aromatic carbocycles. The average molecular weight is 293 g/mol. The van der Waals surface area contributed by atoms with Crippen molar-refractivity contribution in [1.29, 1.82) is 0 Å². The molecule has 0 fully saturated rings. The molecule has 5 rings (SSSR count). The van der Waals surface area contributed by atoms with Crippen LogP contribution in [0.1, 0.15) is 0 Å². The molecule has 0 radical (unpaired) electrons. The summed E-state index contributed by atoms with van der Waals surface area (Å²) in [6.45, 7) is 0. The van der Waals surface area contributed by atoms with Crippen LogP contribution in [0.15, 0.2) is 63.4 Å². The van der Waals surface area contributed by atoms with Crippen molar-refractivity contribution >= 4 is 55.5 Å². The first-order valence-electron chi connectivity index (χ1n) is 6.73. The molecule has 2 nitrogen and oxygen atoms in total. The molecular weight excluding hydrogens is 284 g/mol. The second-order valence-corrected chi connectivity index (χ2v) is 5.59. The lowest BCUT2D eigenvalue weighted by atomic mass is 10.1. The Balaban J connectivity index is 2.10. The van der Waals surface area contributed by atoms with Crippen LogP contribution in [0.4, 0.5) is 0 Å². The van der Waals surface area contributed by atoms with Gasteiger partial charge < -0.3 is 8.83 Å². The van der Waals surface area contributed by atoms with Gasteiger partial charge in [0.15, 0.2) is 0 Å². The van der Waals surface area contributed by atoms with Crippen LogP contribution in [-0.4, -0.2) is 0 Å². The van der Waals surface area contributed by atoms with E-state index in [1.165, 1.54) is 0 Å². The number of furan rings is 2. The topological polar surface area (TPSA) is 26.3 Å². The maximum Gasteiger partial charge on any atom is 0.147 e. The van der Waals surface area contributed by atoms with Gasteiger partial charge in [-0.25, -0.2) is 0 Å². The van der Waals surface area contributed by atoms with Crippen LogP contribution in [0.3, 0.4) is 0 Å². The van der Waals surface area contributed by atoms with E-state index >= 15 is 0 Å². The Bertz CT molecular complexity index is 1150. The van der Waals surface area contributed by atoms with Gasteiger partial charge in [-0.1, -0.05) is 29.8 Å². The minimum Gasteiger partial charge on any atom is -0.456 e. The summed E-state index contributed by atoms with van der Waals surface area (Å²) in [5.41, 5.74) is 3.41. The molecule has 100 valence electrons. The van der Waals surface area contributed by atoms with Crippen LogP contribution >= 0.6 is 11.6 Å². The smallest absolute Gasteiger partial charge is 0.147 e. The van der Waals surface area contributed by atoms with Crippen LogP contribution in [0.2, 0.25) is 5.02 Å². The third-order valence-corrected chi connectivity index (χ3v) is 4.17. The van der Waals surface area contributed by atoms with Crippen molar-refractivity contribution in [2.45, 2.75) is 0 Å². The quantitative estimate of drug-likeness (QED) is 0.343.